The Morgan fingerprint density at radius 2 is 1.68 bits per heavy atom. The van der Waals surface area contributed by atoms with Crippen LogP contribution in [0.2, 0.25) is 0 Å². The van der Waals surface area contributed by atoms with Gasteiger partial charge >= 0.3 is 0 Å². The van der Waals surface area contributed by atoms with E-state index in [1.54, 1.807) is 0 Å². The van der Waals surface area contributed by atoms with Crippen molar-refractivity contribution in [3.05, 3.63) is 70.8 Å². The second-order valence-electron chi connectivity index (χ2n) is 8.24. The first-order valence-corrected chi connectivity index (χ1v) is 12.5. The first kappa shape index (κ1) is 24.9. The van der Waals surface area contributed by atoms with Crippen LogP contribution in [0.1, 0.15) is 55.9 Å². The zero-order valence-corrected chi connectivity index (χ0v) is 20.1. The van der Waals surface area contributed by atoms with Crippen LogP contribution in [0.5, 0.6) is 0 Å². The molecule has 0 aliphatic rings. The third-order valence-corrected chi connectivity index (χ3v) is 6.29. The summed E-state index contributed by atoms with van der Waals surface area (Å²) >= 11 is 0. The van der Waals surface area contributed by atoms with E-state index in [0.29, 0.717) is 12.5 Å². The Bertz CT molecular complexity index is 954. The molecule has 3 N–H and O–H groups in total. The molecule has 0 heterocycles. The summed E-state index contributed by atoms with van der Waals surface area (Å²) in [4.78, 5) is 4.67. The van der Waals surface area contributed by atoms with Crippen LogP contribution in [0.3, 0.4) is 0 Å². The topological polar surface area (TPSA) is 82.6 Å². The van der Waals surface area contributed by atoms with Crippen LogP contribution in [0.25, 0.3) is 0 Å². The molecule has 0 radical (unpaired) electrons. The maximum absolute atomic E-state index is 12.1. The highest BCUT2D eigenvalue weighted by atomic mass is 32.2. The number of aliphatic imine (C=N–C) groups is 1. The molecule has 0 bridgehead atoms. The Balaban J connectivity index is 1.95. The van der Waals surface area contributed by atoms with E-state index in [9.17, 15) is 8.42 Å². The number of nitrogens with one attached hydrogen (secondary N) is 3. The van der Waals surface area contributed by atoms with Crippen LogP contribution in [-0.4, -0.2) is 33.5 Å². The Kier molecular flexibility index (Phi) is 9.52. The molecule has 0 spiro atoms. The lowest BCUT2D eigenvalue weighted by Crippen LogP contribution is -2.39. The van der Waals surface area contributed by atoms with Gasteiger partial charge in [0.2, 0.25) is 10.0 Å². The normalized spacial score (nSPS) is 13.3. The second-order valence-corrected chi connectivity index (χ2v) is 9.99. The van der Waals surface area contributed by atoms with Crippen LogP contribution in [0, 0.1) is 6.92 Å². The van der Waals surface area contributed by atoms with Gasteiger partial charge in [0.25, 0.3) is 0 Å². The molecule has 0 aliphatic heterocycles. The maximum atomic E-state index is 12.1. The summed E-state index contributed by atoms with van der Waals surface area (Å²) in [5, 5.41) is 6.70. The van der Waals surface area contributed by atoms with E-state index in [0.717, 1.165) is 30.2 Å². The van der Waals surface area contributed by atoms with Gasteiger partial charge in [0, 0.05) is 19.1 Å². The number of hydrogen-bond acceptors (Lipinski definition) is 3. The molecule has 0 fully saturated rings. The van der Waals surface area contributed by atoms with E-state index in [-0.39, 0.29) is 11.8 Å². The number of benzene rings is 2. The van der Waals surface area contributed by atoms with E-state index in [1.165, 1.54) is 11.1 Å². The van der Waals surface area contributed by atoms with Crippen molar-refractivity contribution in [2.45, 2.75) is 58.9 Å². The smallest absolute Gasteiger partial charge is 0.216 e. The van der Waals surface area contributed by atoms with Gasteiger partial charge in [-0.2, -0.15) is 0 Å². The van der Waals surface area contributed by atoms with Crippen molar-refractivity contribution in [3.63, 3.8) is 0 Å². The highest BCUT2D eigenvalue weighted by Crippen LogP contribution is 2.15. The lowest BCUT2D eigenvalue weighted by atomic mass is 9.99. The third kappa shape index (κ3) is 9.11. The van der Waals surface area contributed by atoms with Crippen molar-refractivity contribution in [1.82, 2.24) is 15.4 Å². The lowest BCUT2D eigenvalue weighted by molar-refractivity contribution is 0.569. The Labute approximate surface area is 187 Å². The van der Waals surface area contributed by atoms with E-state index in [4.69, 9.17) is 0 Å². The molecule has 0 saturated heterocycles. The molecule has 2 rings (SSSR count). The SMILES string of the molecule is CCNC(=NCc1ccc(CS(=O)(=O)NC(C)C)cc1)NCC(C)c1cccc(C)c1. The van der Waals surface area contributed by atoms with Gasteiger partial charge in [-0.3, -0.25) is 0 Å². The molecule has 31 heavy (non-hydrogen) atoms. The zero-order chi connectivity index (χ0) is 22.9. The first-order chi connectivity index (χ1) is 14.7. The number of aryl methyl sites for hydroxylation is 1. The summed E-state index contributed by atoms with van der Waals surface area (Å²) in [5.74, 6) is 1.12. The van der Waals surface area contributed by atoms with Gasteiger partial charge in [0.1, 0.15) is 0 Å². The average molecular weight is 445 g/mol. The van der Waals surface area contributed by atoms with Crippen LogP contribution >= 0.6 is 0 Å². The van der Waals surface area contributed by atoms with Crippen molar-refractivity contribution in [2.24, 2.45) is 4.99 Å². The van der Waals surface area contributed by atoms with Crippen molar-refractivity contribution in [1.29, 1.82) is 0 Å². The summed E-state index contributed by atoms with van der Waals surface area (Å²) in [6.45, 7) is 12.1. The first-order valence-electron chi connectivity index (χ1n) is 10.8. The minimum absolute atomic E-state index is 0.0181. The fourth-order valence-electron chi connectivity index (χ4n) is 3.22. The molecule has 6 nitrogen and oxygen atoms in total. The van der Waals surface area contributed by atoms with Crippen molar-refractivity contribution in [2.75, 3.05) is 13.1 Å². The Hall–Kier alpha value is -2.38. The molecule has 0 amide bonds. The van der Waals surface area contributed by atoms with Gasteiger partial charge in [-0.05, 0) is 50.3 Å². The summed E-state index contributed by atoms with van der Waals surface area (Å²) in [6, 6.07) is 16.0. The summed E-state index contributed by atoms with van der Waals surface area (Å²) in [6.07, 6.45) is 0. The Morgan fingerprint density at radius 1 is 1.00 bits per heavy atom. The number of guanidine groups is 1. The zero-order valence-electron chi connectivity index (χ0n) is 19.3. The van der Waals surface area contributed by atoms with Crippen LogP contribution in [0.4, 0.5) is 0 Å². The predicted octanol–water partition coefficient (Wildman–Crippen LogP) is 3.68. The monoisotopic (exact) mass is 444 g/mol. The lowest BCUT2D eigenvalue weighted by Gasteiger charge is -2.16. The van der Waals surface area contributed by atoms with Crippen LogP contribution < -0.4 is 15.4 Å². The summed E-state index contributed by atoms with van der Waals surface area (Å²) < 4.78 is 26.8. The standard InChI is InChI=1S/C24H36N4O2S/c1-6-25-24(26-15-20(5)23-9-7-8-19(4)14-23)27-16-21-10-12-22(13-11-21)17-31(29,30)28-18(2)3/h7-14,18,20,28H,6,15-17H2,1-5H3,(H2,25,26,27). The number of sulfonamides is 1. The minimum atomic E-state index is -3.32. The van der Waals surface area contributed by atoms with Gasteiger partial charge in [-0.15, -0.1) is 0 Å². The fourth-order valence-corrected chi connectivity index (χ4v) is 4.65. The molecule has 0 aromatic heterocycles. The van der Waals surface area contributed by atoms with Gasteiger partial charge < -0.3 is 10.6 Å². The van der Waals surface area contributed by atoms with E-state index in [1.807, 2.05) is 45.0 Å². The quantitative estimate of drug-likeness (QED) is 0.386. The van der Waals surface area contributed by atoms with E-state index in [2.05, 4.69) is 58.5 Å². The number of hydrogen-bond donors (Lipinski definition) is 3. The summed E-state index contributed by atoms with van der Waals surface area (Å²) in [7, 11) is -3.32. The molecule has 7 heteroatoms. The molecule has 1 atom stereocenters. The molecular formula is C24H36N4O2S. The summed E-state index contributed by atoms with van der Waals surface area (Å²) in [5.41, 5.74) is 4.36. The molecule has 1 unspecified atom stereocenters. The van der Waals surface area contributed by atoms with Crippen molar-refractivity contribution < 1.29 is 8.42 Å². The Morgan fingerprint density at radius 3 is 2.29 bits per heavy atom. The molecular weight excluding hydrogens is 408 g/mol. The van der Waals surface area contributed by atoms with Gasteiger partial charge in [0.05, 0.1) is 12.3 Å². The second kappa shape index (κ2) is 11.9. The minimum Gasteiger partial charge on any atom is -0.357 e. The predicted molar refractivity (Wildman–Crippen MR) is 130 cm³/mol. The van der Waals surface area contributed by atoms with Gasteiger partial charge in [0.15, 0.2) is 5.96 Å². The van der Waals surface area contributed by atoms with Crippen molar-refractivity contribution >= 4 is 16.0 Å². The number of rotatable bonds is 10. The molecule has 2 aromatic rings. The average Bonchev–Trinajstić information content (AvgIpc) is 2.69. The molecule has 0 aliphatic carbocycles. The largest absolute Gasteiger partial charge is 0.357 e. The van der Waals surface area contributed by atoms with Gasteiger partial charge in [-0.25, -0.2) is 18.1 Å². The fraction of sp³-hybridized carbons (Fsp3) is 0.458. The number of nitrogens with zero attached hydrogens (tertiary/aromatic N) is 1. The van der Waals surface area contributed by atoms with Gasteiger partial charge in [-0.1, -0.05) is 61.0 Å². The van der Waals surface area contributed by atoms with Crippen LogP contribution in [-0.2, 0) is 22.3 Å². The highest BCUT2D eigenvalue weighted by molar-refractivity contribution is 7.88. The van der Waals surface area contributed by atoms with Crippen LogP contribution in [0.15, 0.2) is 53.5 Å². The maximum Gasteiger partial charge on any atom is 0.216 e. The van der Waals surface area contributed by atoms with E-state index < -0.39 is 10.0 Å². The van der Waals surface area contributed by atoms with E-state index >= 15 is 0 Å². The van der Waals surface area contributed by atoms with Crippen molar-refractivity contribution in [3.8, 4) is 0 Å². The highest BCUT2D eigenvalue weighted by Gasteiger charge is 2.13. The molecule has 2 aromatic carbocycles. The molecule has 170 valence electrons. The third-order valence-electron chi connectivity index (χ3n) is 4.75. The molecule has 0 saturated carbocycles.